The van der Waals surface area contributed by atoms with Crippen molar-refractivity contribution in [3.8, 4) is 0 Å². The molecule has 4 fully saturated rings. The van der Waals surface area contributed by atoms with Crippen molar-refractivity contribution < 1.29 is 43.2 Å². The van der Waals surface area contributed by atoms with Crippen LogP contribution >= 0.6 is 0 Å². The van der Waals surface area contributed by atoms with Gasteiger partial charge >= 0.3 is 17.9 Å². The Hall–Kier alpha value is -2.52. The first-order chi connectivity index (χ1) is 14.2. The van der Waals surface area contributed by atoms with E-state index in [1.807, 2.05) is 18.2 Å². The van der Waals surface area contributed by atoms with Crippen molar-refractivity contribution in [1.82, 2.24) is 0 Å². The number of carboxylic acids is 1. The number of Topliss-reactive ketones (excluding diaryl/α,β-unsaturated/α-hetero) is 1. The number of cyclic esters (lactones) is 2. The highest BCUT2D eigenvalue weighted by molar-refractivity contribution is 5.90. The van der Waals surface area contributed by atoms with Crippen LogP contribution in [-0.4, -0.2) is 65.4 Å². The van der Waals surface area contributed by atoms with Crippen LogP contribution in [0, 0.1) is 10.8 Å². The van der Waals surface area contributed by atoms with E-state index in [0.29, 0.717) is 12.8 Å². The van der Waals surface area contributed by atoms with E-state index in [1.165, 1.54) is 6.92 Å². The van der Waals surface area contributed by atoms with Gasteiger partial charge in [0.1, 0.15) is 41.0 Å². The number of rotatable bonds is 4. The summed E-state index contributed by atoms with van der Waals surface area (Å²) in [6, 6.07) is 0. The fraction of sp³-hybridized carbons (Fsp3) is 0.619. The highest BCUT2D eigenvalue weighted by atomic mass is 16.6. The largest absolute Gasteiger partial charge is 0.481 e. The molecule has 0 aliphatic carbocycles. The minimum atomic E-state index is -0.988. The molecule has 6 aliphatic rings. The Morgan fingerprint density at radius 3 is 1.80 bits per heavy atom. The number of ether oxygens (including phenoxy) is 4. The Bertz CT molecular complexity index is 847. The monoisotopic (exact) mass is 418 g/mol. The molecule has 0 unspecified atom stereocenters. The number of esters is 2. The third kappa shape index (κ3) is 2.30. The molecule has 6 rings (SSSR count). The number of carbonyl (C=O) groups excluding carboxylic acids is 3. The molecule has 0 aromatic carbocycles. The maximum Gasteiger partial charge on any atom is 0.316 e. The van der Waals surface area contributed by atoms with Crippen molar-refractivity contribution in [3.63, 3.8) is 0 Å². The number of ketones is 1. The third-order valence-electron chi connectivity index (χ3n) is 7.22. The van der Waals surface area contributed by atoms with Crippen LogP contribution in [0.25, 0.3) is 0 Å². The summed E-state index contributed by atoms with van der Waals surface area (Å²) in [4.78, 5) is 45.6. The molecule has 4 bridgehead atoms. The van der Waals surface area contributed by atoms with Gasteiger partial charge in [0.15, 0.2) is 0 Å². The zero-order valence-electron chi connectivity index (χ0n) is 16.4. The van der Waals surface area contributed by atoms with E-state index >= 15 is 0 Å². The predicted molar refractivity (Wildman–Crippen MR) is 97.1 cm³/mol. The van der Waals surface area contributed by atoms with Crippen LogP contribution in [0.3, 0.4) is 0 Å². The minimum Gasteiger partial charge on any atom is -0.481 e. The standard InChI is InChI=1S/C11H12O4.C10H10O5/c1-7(12)4-10-5-8-2-3-11(10,15-8)6-14-9(10)13;11-7(12)4-9-3-6-1-2-10(9,15-6)5-14-8(9)13/h2-3,8H,4-6H2,1H3;1-2,6H,3-5H2,(H,11,12)/t8-,10+,11-;6-,9-,10-/m10/s1. The van der Waals surface area contributed by atoms with E-state index in [-0.39, 0.29) is 50.0 Å². The Morgan fingerprint density at radius 2 is 1.40 bits per heavy atom. The van der Waals surface area contributed by atoms with E-state index in [4.69, 9.17) is 24.1 Å². The van der Waals surface area contributed by atoms with Gasteiger partial charge in [-0.15, -0.1) is 0 Å². The second-order valence-electron chi connectivity index (χ2n) is 8.98. The maximum absolute atomic E-state index is 11.8. The van der Waals surface area contributed by atoms with Crippen molar-refractivity contribution in [2.24, 2.45) is 10.8 Å². The van der Waals surface area contributed by atoms with Gasteiger partial charge < -0.3 is 24.1 Å². The highest BCUT2D eigenvalue weighted by Crippen LogP contribution is 2.59. The summed E-state index contributed by atoms with van der Waals surface area (Å²) < 4.78 is 21.4. The quantitative estimate of drug-likeness (QED) is 0.519. The van der Waals surface area contributed by atoms with Gasteiger partial charge in [-0.05, 0) is 31.9 Å². The number of aliphatic carboxylic acids is 1. The molecular weight excluding hydrogens is 396 g/mol. The third-order valence-corrected chi connectivity index (χ3v) is 7.22. The molecule has 6 heterocycles. The van der Waals surface area contributed by atoms with Gasteiger partial charge in [0.2, 0.25) is 0 Å². The first-order valence-electron chi connectivity index (χ1n) is 9.96. The van der Waals surface area contributed by atoms with Crippen LogP contribution in [0.5, 0.6) is 0 Å². The van der Waals surface area contributed by atoms with E-state index < -0.39 is 34.0 Å². The summed E-state index contributed by atoms with van der Waals surface area (Å²) in [5.41, 5.74) is -3.19. The number of hydrogen-bond acceptors (Lipinski definition) is 8. The molecular formula is C21H22O9. The molecule has 0 saturated carbocycles. The molecule has 160 valence electrons. The SMILES string of the molecule is CC(=O)C[C@@]12C[C@H]3C=C[C@]1(COC2=O)O3.O=C(O)C[C@]12C[C@@H]3C=C[C@@]1(COC2=O)O3. The Morgan fingerprint density at radius 1 is 0.933 bits per heavy atom. The van der Waals surface area contributed by atoms with Gasteiger partial charge in [-0.1, -0.05) is 12.2 Å². The zero-order chi connectivity index (χ0) is 21.4. The van der Waals surface area contributed by atoms with Gasteiger partial charge in [0.05, 0.1) is 18.6 Å². The molecule has 9 heteroatoms. The molecule has 2 spiro atoms. The predicted octanol–water partition coefficient (Wildman–Crippen LogP) is 0.708. The first kappa shape index (κ1) is 19.4. The van der Waals surface area contributed by atoms with Gasteiger partial charge in [-0.25, -0.2) is 0 Å². The second-order valence-corrected chi connectivity index (χ2v) is 8.98. The number of carbonyl (C=O) groups is 4. The van der Waals surface area contributed by atoms with Crippen molar-refractivity contribution in [1.29, 1.82) is 0 Å². The lowest BCUT2D eigenvalue weighted by Gasteiger charge is -2.30. The van der Waals surface area contributed by atoms with Crippen LogP contribution in [-0.2, 0) is 38.1 Å². The summed E-state index contributed by atoms with van der Waals surface area (Å²) >= 11 is 0. The molecule has 0 aromatic heterocycles. The molecule has 4 saturated heterocycles. The van der Waals surface area contributed by atoms with Crippen LogP contribution in [0.4, 0.5) is 0 Å². The second kappa shape index (κ2) is 6.01. The summed E-state index contributed by atoms with van der Waals surface area (Å²) in [6.45, 7) is 1.90. The molecule has 1 N–H and O–H groups in total. The highest BCUT2D eigenvalue weighted by Gasteiger charge is 2.71. The number of fused-ring (bicyclic) bond motifs is 2. The maximum atomic E-state index is 11.8. The van der Waals surface area contributed by atoms with E-state index in [1.54, 1.807) is 6.08 Å². The molecule has 6 aliphatic heterocycles. The fourth-order valence-electron chi connectivity index (χ4n) is 5.86. The summed E-state index contributed by atoms with van der Waals surface area (Å²) in [6.07, 6.45) is 8.40. The lowest BCUT2D eigenvalue weighted by molar-refractivity contribution is -0.153. The molecule has 30 heavy (non-hydrogen) atoms. The molecule has 9 nitrogen and oxygen atoms in total. The smallest absolute Gasteiger partial charge is 0.316 e. The molecule has 0 radical (unpaired) electrons. The topological polar surface area (TPSA) is 125 Å². The number of hydrogen-bond donors (Lipinski definition) is 1. The van der Waals surface area contributed by atoms with Gasteiger partial charge in [0.25, 0.3) is 0 Å². The minimum absolute atomic E-state index is 0.0118. The van der Waals surface area contributed by atoms with Gasteiger partial charge in [0, 0.05) is 6.42 Å². The molecule has 0 aromatic rings. The Kier molecular flexibility index (Phi) is 3.90. The average molecular weight is 418 g/mol. The molecule has 0 amide bonds. The van der Waals surface area contributed by atoms with Crippen molar-refractivity contribution in [2.75, 3.05) is 13.2 Å². The van der Waals surface area contributed by atoms with Crippen molar-refractivity contribution >= 4 is 23.7 Å². The molecule has 6 atom stereocenters. The summed E-state index contributed by atoms with van der Waals surface area (Å²) in [5.74, 6) is -1.68. The van der Waals surface area contributed by atoms with E-state index in [0.717, 1.165) is 0 Å². The van der Waals surface area contributed by atoms with Gasteiger partial charge in [-0.2, -0.15) is 0 Å². The van der Waals surface area contributed by atoms with E-state index in [9.17, 15) is 19.2 Å². The lowest BCUT2D eigenvalue weighted by Crippen LogP contribution is -2.45. The lowest BCUT2D eigenvalue weighted by atomic mass is 9.67. The van der Waals surface area contributed by atoms with Gasteiger partial charge in [-0.3, -0.25) is 19.2 Å². The summed E-state index contributed by atoms with van der Waals surface area (Å²) in [5, 5.41) is 8.87. The first-order valence-corrected chi connectivity index (χ1v) is 9.96. The normalized spacial score (nSPS) is 45.6. The summed E-state index contributed by atoms with van der Waals surface area (Å²) in [7, 11) is 0. The van der Waals surface area contributed by atoms with Crippen LogP contribution in [0.1, 0.15) is 32.6 Å². The van der Waals surface area contributed by atoms with E-state index in [2.05, 4.69) is 0 Å². The van der Waals surface area contributed by atoms with Crippen LogP contribution < -0.4 is 0 Å². The van der Waals surface area contributed by atoms with Crippen molar-refractivity contribution in [3.05, 3.63) is 24.3 Å². The number of carboxylic acid groups (broad SMARTS) is 1. The fourth-order valence-corrected chi connectivity index (χ4v) is 5.86. The zero-order valence-corrected chi connectivity index (χ0v) is 16.4. The van der Waals surface area contributed by atoms with Crippen LogP contribution in [0.2, 0.25) is 0 Å². The Labute approximate surface area is 172 Å². The Balaban J connectivity index is 0.000000128. The van der Waals surface area contributed by atoms with Crippen LogP contribution in [0.15, 0.2) is 24.3 Å². The van der Waals surface area contributed by atoms with Crippen molar-refractivity contribution in [2.45, 2.75) is 56.0 Å². The average Bonchev–Trinajstić information content (AvgIpc) is 3.46.